The van der Waals surface area contributed by atoms with Crippen molar-refractivity contribution >= 4 is 17.7 Å². The van der Waals surface area contributed by atoms with Gasteiger partial charge in [-0.3, -0.25) is 4.79 Å². The minimum Gasteiger partial charge on any atom is -0.352 e. The van der Waals surface area contributed by atoms with Gasteiger partial charge in [0, 0.05) is 17.4 Å². The maximum absolute atomic E-state index is 12.0. The van der Waals surface area contributed by atoms with Crippen molar-refractivity contribution in [2.75, 3.05) is 18.8 Å². The monoisotopic (exact) mass is 294 g/mol. The second-order valence-electron chi connectivity index (χ2n) is 5.37. The predicted octanol–water partition coefficient (Wildman–Crippen LogP) is 1.30. The summed E-state index contributed by atoms with van der Waals surface area (Å²) < 4.78 is 0. The third-order valence-corrected chi connectivity index (χ3v) is 4.27. The van der Waals surface area contributed by atoms with E-state index in [1.165, 1.54) is 11.8 Å². The van der Waals surface area contributed by atoms with E-state index in [1.807, 2.05) is 19.9 Å². The largest absolute Gasteiger partial charge is 0.352 e. The van der Waals surface area contributed by atoms with E-state index in [2.05, 4.69) is 27.5 Å². The number of amides is 1. The number of carbonyl (C=O) groups excluding carboxylic acids is 1. The van der Waals surface area contributed by atoms with Gasteiger partial charge in [-0.25, -0.2) is 9.97 Å². The highest BCUT2D eigenvalue weighted by molar-refractivity contribution is 7.99. The fraction of sp³-hybridized carbons (Fsp3) is 0.643. The van der Waals surface area contributed by atoms with E-state index in [-0.39, 0.29) is 11.9 Å². The molecule has 0 aliphatic carbocycles. The smallest absolute Gasteiger partial charge is 0.230 e. The first kappa shape index (κ1) is 15.3. The Labute approximate surface area is 124 Å². The van der Waals surface area contributed by atoms with Crippen LogP contribution in [0.2, 0.25) is 0 Å². The van der Waals surface area contributed by atoms with Crippen molar-refractivity contribution in [2.45, 2.75) is 38.4 Å². The Morgan fingerprint density at radius 2 is 2.15 bits per heavy atom. The molecule has 2 rings (SSSR count). The summed E-state index contributed by atoms with van der Waals surface area (Å²) in [6, 6.07) is 2.21. The fourth-order valence-corrected chi connectivity index (χ4v) is 3.13. The van der Waals surface area contributed by atoms with Gasteiger partial charge in [-0.05, 0) is 45.3 Å². The number of hydrogen-bond donors (Lipinski definition) is 2. The second kappa shape index (κ2) is 7.04. The molecule has 1 fully saturated rings. The standard InChI is InChI=1S/C14H22N4OS/c1-9-7-15-5-4-12(9)18-13(19)8-20-14-16-10(2)6-11(3)17-14/h6,9,12,15H,4-5,7-8H2,1-3H3,(H,18,19). The lowest BCUT2D eigenvalue weighted by molar-refractivity contribution is -0.119. The van der Waals surface area contributed by atoms with Crippen LogP contribution < -0.4 is 10.6 Å². The van der Waals surface area contributed by atoms with Gasteiger partial charge >= 0.3 is 0 Å². The highest BCUT2D eigenvalue weighted by Crippen LogP contribution is 2.15. The van der Waals surface area contributed by atoms with Gasteiger partial charge in [0.25, 0.3) is 0 Å². The van der Waals surface area contributed by atoms with E-state index in [9.17, 15) is 4.79 Å². The molecule has 1 aliphatic heterocycles. The molecule has 2 N–H and O–H groups in total. The highest BCUT2D eigenvalue weighted by atomic mass is 32.2. The molecule has 0 spiro atoms. The van der Waals surface area contributed by atoms with Crippen LogP contribution in [0.15, 0.2) is 11.2 Å². The molecule has 0 radical (unpaired) electrons. The maximum Gasteiger partial charge on any atom is 0.230 e. The lowest BCUT2D eigenvalue weighted by Crippen LogP contribution is -2.48. The lowest BCUT2D eigenvalue weighted by atomic mass is 9.95. The molecular weight excluding hydrogens is 272 g/mol. The molecule has 0 bridgehead atoms. The quantitative estimate of drug-likeness (QED) is 0.647. The number of nitrogens with one attached hydrogen (secondary N) is 2. The third-order valence-electron chi connectivity index (χ3n) is 3.43. The van der Waals surface area contributed by atoms with Gasteiger partial charge in [0.15, 0.2) is 5.16 Å². The van der Waals surface area contributed by atoms with Gasteiger partial charge in [0.1, 0.15) is 0 Å². The van der Waals surface area contributed by atoms with E-state index < -0.39 is 0 Å². The van der Waals surface area contributed by atoms with Crippen molar-refractivity contribution in [3.8, 4) is 0 Å². The van der Waals surface area contributed by atoms with Crippen LogP contribution in [-0.2, 0) is 4.79 Å². The summed E-state index contributed by atoms with van der Waals surface area (Å²) in [7, 11) is 0. The average molecular weight is 294 g/mol. The minimum absolute atomic E-state index is 0.0662. The molecule has 1 aliphatic rings. The zero-order valence-corrected chi connectivity index (χ0v) is 13.1. The second-order valence-corrected chi connectivity index (χ2v) is 6.31. The number of carbonyl (C=O) groups is 1. The predicted molar refractivity (Wildman–Crippen MR) is 80.8 cm³/mol. The van der Waals surface area contributed by atoms with E-state index in [0.29, 0.717) is 16.8 Å². The average Bonchev–Trinajstić information content (AvgIpc) is 2.38. The summed E-state index contributed by atoms with van der Waals surface area (Å²) >= 11 is 1.40. The van der Waals surface area contributed by atoms with Crippen LogP contribution in [0.1, 0.15) is 24.7 Å². The molecule has 6 heteroatoms. The Morgan fingerprint density at radius 1 is 1.45 bits per heavy atom. The van der Waals surface area contributed by atoms with Crippen LogP contribution in [0.25, 0.3) is 0 Å². The van der Waals surface area contributed by atoms with E-state index in [4.69, 9.17) is 0 Å². The molecule has 2 unspecified atom stereocenters. The molecular formula is C14H22N4OS. The first-order valence-corrected chi connectivity index (χ1v) is 7.98. The van der Waals surface area contributed by atoms with E-state index in [1.54, 1.807) is 0 Å². The Hall–Kier alpha value is -1.14. The zero-order chi connectivity index (χ0) is 14.5. The molecule has 1 amide bonds. The summed E-state index contributed by atoms with van der Waals surface area (Å²) in [4.78, 5) is 20.7. The van der Waals surface area contributed by atoms with Crippen LogP contribution in [0, 0.1) is 19.8 Å². The molecule has 0 saturated carbocycles. The van der Waals surface area contributed by atoms with Crippen molar-refractivity contribution in [2.24, 2.45) is 5.92 Å². The van der Waals surface area contributed by atoms with Gasteiger partial charge in [0.05, 0.1) is 5.75 Å². The van der Waals surface area contributed by atoms with Gasteiger partial charge in [-0.1, -0.05) is 18.7 Å². The molecule has 20 heavy (non-hydrogen) atoms. The SMILES string of the molecule is Cc1cc(C)nc(SCC(=O)NC2CCNCC2C)n1. The van der Waals surface area contributed by atoms with Crippen molar-refractivity contribution in [3.63, 3.8) is 0 Å². The van der Waals surface area contributed by atoms with Gasteiger partial charge in [0.2, 0.25) is 5.91 Å². The number of thioether (sulfide) groups is 1. The topological polar surface area (TPSA) is 66.9 Å². The minimum atomic E-state index is 0.0662. The van der Waals surface area contributed by atoms with Crippen LogP contribution >= 0.6 is 11.8 Å². The zero-order valence-electron chi connectivity index (χ0n) is 12.3. The lowest BCUT2D eigenvalue weighted by Gasteiger charge is -2.30. The van der Waals surface area contributed by atoms with Gasteiger partial charge in [-0.15, -0.1) is 0 Å². The van der Waals surface area contributed by atoms with Crippen molar-refractivity contribution in [1.82, 2.24) is 20.6 Å². The van der Waals surface area contributed by atoms with E-state index >= 15 is 0 Å². The van der Waals surface area contributed by atoms with Crippen LogP contribution in [0.4, 0.5) is 0 Å². The highest BCUT2D eigenvalue weighted by Gasteiger charge is 2.22. The van der Waals surface area contributed by atoms with Crippen molar-refractivity contribution in [1.29, 1.82) is 0 Å². The molecule has 110 valence electrons. The van der Waals surface area contributed by atoms with Crippen molar-refractivity contribution in [3.05, 3.63) is 17.5 Å². The first-order chi connectivity index (χ1) is 9.54. The molecule has 2 atom stereocenters. The molecule has 5 nitrogen and oxygen atoms in total. The maximum atomic E-state index is 12.0. The summed E-state index contributed by atoms with van der Waals surface area (Å²) in [6.07, 6.45) is 0.998. The normalized spacial score (nSPS) is 22.6. The Morgan fingerprint density at radius 3 is 2.80 bits per heavy atom. The molecule has 0 aromatic carbocycles. The number of piperidine rings is 1. The number of hydrogen-bond acceptors (Lipinski definition) is 5. The number of aryl methyl sites for hydroxylation is 2. The number of aromatic nitrogens is 2. The van der Waals surface area contributed by atoms with Crippen LogP contribution in [-0.4, -0.2) is 40.8 Å². The van der Waals surface area contributed by atoms with E-state index in [0.717, 1.165) is 30.9 Å². The van der Waals surface area contributed by atoms with Crippen LogP contribution in [0.3, 0.4) is 0 Å². The van der Waals surface area contributed by atoms with Gasteiger partial charge < -0.3 is 10.6 Å². The van der Waals surface area contributed by atoms with Gasteiger partial charge in [-0.2, -0.15) is 0 Å². The summed E-state index contributed by atoms with van der Waals surface area (Å²) in [5.41, 5.74) is 1.87. The summed E-state index contributed by atoms with van der Waals surface area (Å²) in [5, 5.41) is 7.12. The Kier molecular flexibility index (Phi) is 5.37. The van der Waals surface area contributed by atoms with Crippen molar-refractivity contribution < 1.29 is 4.79 Å². The molecule has 1 aromatic rings. The number of nitrogens with zero attached hydrogens (tertiary/aromatic N) is 2. The summed E-state index contributed by atoms with van der Waals surface area (Å²) in [6.45, 7) is 7.99. The molecule has 1 aromatic heterocycles. The fourth-order valence-electron chi connectivity index (χ4n) is 2.37. The Balaban J connectivity index is 1.82. The van der Waals surface area contributed by atoms with Crippen LogP contribution in [0.5, 0.6) is 0 Å². The Bertz CT molecular complexity index is 460. The first-order valence-electron chi connectivity index (χ1n) is 7.00. The molecule has 1 saturated heterocycles. The summed E-state index contributed by atoms with van der Waals surface area (Å²) in [5.74, 6) is 0.922. The third kappa shape index (κ3) is 4.45. The molecule has 2 heterocycles. The number of rotatable bonds is 4.